The van der Waals surface area contributed by atoms with E-state index >= 15 is 0 Å². The molecule has 6 nitrogen and oxygen atoms in total. The van der Waals surface area contributed by atoms with Gasteiger partial charge in [-0.15, -0.1) is 15.3 Å². The Morgan fingerprint density at radius 3 is 2.54 bits per heavy atom. The summed E-state index contributed by atoms with van der Waals surface area (Å²) in [6.07, 6.45) is -0.740. The molecule has 0 aliphatic carbocycles. The third kappa shape index (κ3) is 3.24. The van der Waals surface area contributed by atoms with Crippen molar-refractivity contribution >= 4 is 23.1 Å². The van der Waals surface area contributed by atoms with Crippen molar-refractivity contribution in [2.45, 2.75) is 6.10 Å². The first-order valence-corrected chi connectivity index (χ1v) is 8.54. The highest BCUT2D eigenvalue weighted by Crippen LogP contribution is 2.23. The molecule has 0 aliphatic heterocycles. The van der Waals surface area contributed by atoms with Gasteiger partial charge in [-0.3, -0.25) is 0 Å². The summed E-state index contributed by atoms with van der Waals surface area (Å²) in [4.78, 5) is 0. The van der Waals surface area contributed by atoms with Crippen LogP contribution in [0.4, 0.5) is 5.82 Å². The van der Waals surface area contributed by atoms with Crippen molar-refractivity contribution in [1.82, 2.24) is 19.8 Å². The van der Waals surface area contributed by atoms with E-state index in [2.05, 4.69) is 20.6 Å². The summed E-state index contributed by atoms with van der Waals surface area (Å²) in [6.45, 7) is 0.283. The highest BCUT2D eigenvalue weighted by atomic mass is 35.5. The molecule has 0 aliphatic rings. The second kappa shape index (κ2) is 7.11. The Hall–Kier alpha value is -2.96. The van der Waals surface area contributed by atoms with Gasteiger partial charge in [0, 0.05) is 22.7 Å². The molecule has 0 radical (unpaired) electrons. The fourth-order valence-corrected chi connectivity index (χ4v) is 2.97. The number of aliphatic hydroxyl groups excluding tert-OH is 1. The van der Waals surface area contributed by atoms with E-state index in [-0.39, 0.29) is 6.54 Å². The number of nitrogens with one attached hydrogen (secondary N) is 1. The molecule has 4 rings (SSSR count). The Bertz CT molecular complexity index is 1030. The lowest BCUT2D eigenvalue weighted by Crippen LogP contribution is -2.14. The van der Waals surface area contributed by atoms with Crippen LogP contribution < -0.4 is 5.32 Å². The molecule has 1 unspecified atom stereocenters. The number of hydrogen-bond donors (Lipinski definition) is 2. The predicted octanol–water partition coefficient (Wildman–Crippen LogP) is 3.59. The van der Waals surface area contributed by atoms with Crippen LogP contribution in [0.15, 0.2) is 66.7 Å². The lowest BCUT2D eigenvalue weighted by Gasteiger charge is -2.14. The lowest BCUT2D eigenvalue weighted by molar-refractivity contribution is 0.191. The molecule has 0 saturated heterocycles. The standard InChI is InChI=1S/C19H16ClN5O/c20-15-9-5-4-8-14(15)16(26)12-21-17-10-11-18-22-23-19(25(18)24-17)13-6-2-1-3-7-13/h1-11,16,26H,12H2,(H,21,24). The third-order valence-corrected chi connectivity index (χ3v) is 4.38. The van der Waals surface area contributed by atoms with E-state index in [4.69, 9.17) is 11.6 Å². The van der Waals surface area contributed by atoms with Crippen LogP contribution in [0.2, 0.25) is 5.02 Å². The molecule has 1 atom stereocenters. The molecular weight excluding hydrogens is 350 g/mol. The molecule has 4 aromatic rings. The van der Waals surface area contributed by atoms with Crippen LogP contribution in [-0.2, 0) is 0 Å². The Balaban J connectivity index is 1.57. The summed E-state index contributed by atoms with van der Waals surface area (Å²) in [5.74, 6) is 1.27. The highest BCUT2D eigenvalue weighted by Gasteiger charge is 2.13. The van der Waals surface area contributed by atoms with Crippen LogP contribution in [0.3, 0.4) is 0 Å². The summed E-state index contributed by atoms with van der Waals surface area (Å²) in [5.41, 5.74) is 2.26. The molecule has 2 N–H and O–H groups in total. The number of aromatic nitrogens is 4. The van der Waals surface area contributed by atoms with Gasteiger partial charge in [-0.25, -0.2) is 0 Å². The third-order valence-electron chi connectivity index (χ3n) is 4.04. The van der Waals surface area contributed by atoms with Gasteiger partial charge in [0.15, 0.2) is 11.5 Å². The van der Waals surface area contributed by atoms with E-state index in [9.17, 15) is 5.11 Å². The maximum Gasteiger partial charge on any atom is 0.185 e. The molecule has 0 spiro atoms. The fourth-order valence-electron chi connectivity index (χ4n) is 2.71. The molecule has 2 aromatic heterocycles. The lowest BCUT2D eigenvalue weighted by atomic mass is 10.1. The van der Waals surface area contributed by atoms with E-state index < -0.39 is 6.10 Å². The van der Waals surface area contributed by atoms with E-state index in [1.807, 2.05) is 48.5 Å². The molecule has 130 valence electrons. The van der Waals surface area contributed by atoms with E-state index in [1.54, 1.807) is 22.7 Å². The zero-order valence-corrected chi connectivity index (χ0v) is 14.5. The number of hydrogen-bond acceptors (Lipinski definition) is 5. The molecule has 2 aromatic carbocycles. The van der Waals surface area contributed by atoms with Crippen LogP contribution in [0.25, 0.3) is 17.0 Å². The smallest absolute Gasteiger partial charge is 0.185 e. The normalized spacial score (nSPS) is 12.2. The van der Waals surface area contributed by atoms with Crippen LogP contribution in [0, 0.1) is 0 Å². The molecular formula is C19H16ClN5O. The number of anilines is 1. The average molecular weight is 366 g/mol. The van der Waals surface area contributed by atoms with Gasteiger partial charge in [0.25, 0.3) is 0 Å². The largest absolute Gasteiger partial charge is 0.387 e. The number of benzene rings is 2. The first kappa shape index (κ1) is 16.5. The van der Waals surface area contributed by atoms with Gasteiger partial charge >= 0.3 is 0 Å². The van der Waals surface area contributed by atoms with Crippen LogP contribution in [0.5, 0.6) is 0 Å². The van der Waals surface area contributed by atoms with Crippen molar-refractivity contribution < 1.29 is 5.11 Å². The predicted molar refractivity (Wildman–Crippen MR) is 101 cm³/mol. The summed E-state index contributed by atoms with van der Waals surface area (Å²) in [7, 11) is 0. The van der Waals surface area contributed by atoms with Gasteiger partial charge in [0.05, 0.1) is 6.10 Å². The van der Waals surface area contributed by atoms with Crippen molar-refractivity contribution in [3.8, 4) is 11.4 Å². The van der Waals surface area contributed by atoms with Gasteiger partial charge in [-0.2, -0.15) is 4.52 Å². The minimum atomic E-state index is -0.740. The van der Waals surface area contributed by atoms with E-state index in [0.717, 1.165) is 5.56 Å². The van der Waals surface area contributed by atoms with Crippen molar-refractivity contribution in [1.29, 1.82) is 0 Å². The molecule has 0 fully saturated rings. The Labute approximate surface area is 155 Å². The maximum atomic E-state index is 10.4. The van der Waals surface area contributed by atoms with Crippen LogP contribution >= 0.6 is 11.6 Å². The fraction of sp³-hybridized carbons (Fsp3) is 0.105. The summed E-state index contributed by atoms with van der Waals surface area (Å²) in [6, 6.07) is 20.6. The second-order valence-corrected chi connectivity index (χ2v) is 6.20. The molecule has 0 amide bonds. The summed E-state index contributed by atoms with van der Waals surface area (Å²) in [5, 5.41) is 26.9. The minimum absolute atomic E-state index is 0.283. The average Bonchev–Trinajstić information content (AvgIpc) is 3.10. The van der Waals surface area contributed by atoms with Crippen molar-refractivity contribution in [2.24, 2.45) is 0 Å². The van der Waals surface area contributed by atoms with Crippen molar-refractivity contribution in [3.05, 3.63) is 77.3 Å². The summed E-state index contributed by atoms with van der Waals surface area (Å²) < 4.78 is 1.68. The van der Waals surface area contributed by atoms with E-state index in [1.165, 1.54) is 0 Å². The Kier molecular flexibility index (Phi) is 4.51. The topological polar surface area (TPSA) is 75.3 Å². The molecule has 0 saturated carbocycles. The van der Waals surface area contributed by atoms with Gasteiger partial charge < -0.3 is 10.4 Å². The number of nitrogens with zero attached hydrogens (tertiary/aromatic N) is 4. The zero-order valence-electron chi connectivity index (χ0n) is 13.7. The Morgan fingerprint density at radius 1 is 0.962 bits per heavy atom. The molecule has 26 heavy (non-hydrogen) atoms. The van der Waals surface area contributed by atoms with Crippen molar-refractivity contribution in [2.75, 3.05) is 11.9 Å². The molecule has 2 heterocycles. The molecule has 0 bridgehead atoms. The Morgan fingerprint density at radius 2 is 1.73 bits per heavy atom. The second-order valence-electron chi connectivity index (χ2n) is 5.80. The number of aliphatic hydroxyl groups is 1. The van der Waals surface area contributed by atoms with Crippen LogP contribution in [-0.4, -0.2) is 31.5 Å². The van der Waals surface area contributed by atoms with E-state index in [0.29, 0.717) is 27.9 Å². The minimum Gasteiger partial charge on any atom is -0.387 e. The van der Waals surface area contributed by atoms with Gasteiger partial charge in [0.2, 0.25) is 0 Å². The van der Waals surface area contributed by atoms with Gasteiger partial charge in [0.1, 0.15) is 5.82 Å². The van der Waals surface area contributed by atoms with Crippen molar-refractivity contribution in [3.63, 3.8) is 0 Å². The van der Waals surface area contributed by atoms with Gasteiger partial charge in [-0.05, 0) is 18.2 Å². The number of fused-ring (bicyclic) bond motifs is 1. The number of halogens is 1. The van der Waals surface area contributed by atoms with Gasteiger partial charge in [-0.1, -0.05) is 60.1 Å². The monoisotopic (exact) mass is 365 g/mol. The highest BCUT2D eigenvalue weighted by molar-refractivity contribution is 6.31. The number of rotatable bonds is 5. The maximum absolute atomic E-state index is 10.4. The first-order valence-electron chi connectivity index (χ1n) is 8.16. The SMILES string of the molecule is OC(CNc1ccc2nnc(-c3ccccc3)n2n1)c1ccccc1Cl. The summed E-state index contributed by atoms with van der Waals surface area (Å²) >= 11 is 6.13. The van der Waals surface area contributed by atoms with Crippen LogP contribution in [0.1, 0.15) is 11.7 Å². The molecule has 7 heteroatoms. The first-order chi connectivity index (χ1) is 12.7. The quantitative estimate of drug-likeness (QED) is 0.565. The zero-order chi connectivity index (χ0) is 17.9.